The minimum atomic E-state index is -0.776. The third-order valence-corrected chi connectivity index (χ3v) is 2.86. The Morgan fingerprint density at radius 2 is 1.88 bits per heavy atom. The van der Waals surface area contributed by atoms with E-state index in [1.807, 2.05) is 0 Å². The summed E-state index contributed by atoms with van der Waals surface area (Å²) in [5.74, 6) is -0.229. The number of hydrogen-bond donors (Lipinski definition) is 2. The molecule has 0 saturated carbocycles. The lowest BCUT2D eigenvalue weighted by Crippen LogP contribution is -2.34. The second kappa shape index (κ2) is 9.02. The van der Waals surface area contributed by atoms with E-state index in [1.54, 1.807) is 0 Å². The average Bonchev–Trinajstić information content (AvgIpc) is 2.24. The van der Waals surface area contributed by atoms with Gasteiger partial charge in [-0.15, -0.1) is 0 Å². The summed E-state index contributed by atoms with van der Waals surface area (Å²) in [6.07, 6.45) is 3.46. The fraction of sp³-hybridized carbons (Fsp3) is 0.846. The molecule has 0 aliphatic carbocycles. The largest absolute Gasteiger partial charge is 0.481 e. The third-order valence-electron chi connectivity index (χ3n) is 2.86. The van der Waals surface area contributed by atoms with Crippen molar-refractivity contribution in [1.82, 2.24) is 5.32 Å². The topological polar surface area (TPSA) is 66.4 Å². The van der Waals surface area contributed by atoms with E-state index in [0.29, 0.717) is 18.9 Å². The fourth-order valence-electron chi connectivity index (χ4n) is 1.82. The average molecular weight is 243 g/mol. The van der Waals surface area contributed by atoms with Crippen molar-refractivity contribution in [2.75, 3.05) is 6.54 Å². The van der Waals surface area contributed by atoms with Crippen LogP contribution in [0, 0.1) is 11.8 Å². The van der Waals surface area contributed by atoms with Gasteiger partial charge in [-0.25, -0.2) is 0 Å². The molecule has 0 aromatic rings. The lowest BCUT2D eigenvalue weighted by Gasteiger charge is -2.19. The lowest BCUT2D eigenvalue weighted by atomic mass is 9.90. The SMILES string of the molecule is CCCC(C(=O)NCCCCC(=O)O)C(C)C. The molecule has 0 aliphatic rings. The zero-order valence-corrected chi connectivity index (χ0v) is 11.2. The molecule has 4 nitrogen and oxygen atoms in total. The Kier molecular flexibility index (Phi) is 8.46. The second-order valence-electron chi connectivity index (χ2n) is 4.78. The second-order valence-corrected chi connectivity index (χ2v) is 4.78. The molecule has 0 rings (SSSR count). The molecule has 1 atom stereocenters. The van der Waals surface area contributed by atoms with Crippen molar-refractivity contribution in [2.45, 2.75) is 52.9 Å². The molecule has 0 heterocycles. The molecule has 0 aliphatic heterocycles. The van der Waals surface area contributed by atoms with Crippen LogP contribution in [-0.4, -0.2) is 23.5 Å². The van der Waals surface area contributed by atoms with Gasteiger partial charge in [-0.1, -0.05) is 27.2 Å². The van der Waals surface area contributed by atoms with Gasteiger partial charge in [0.2, 0.25) is 5.91 Å². The minimum Gasteiger partial charge on any atom is -0.481 e. The van der Waals surface area contributed by atoms with E-state index in [9.17, 15) is 9.59 Å². The van der Waals surface area contributed by atoms with Gasteiger partial charge in [0.15, 0.2) is 0 Å². The van der Waals surface area contributed by atoms with Crippen molar-refractivity contribution < 1.29 is 14.7 Å². The number of carboxylic acids is 1. The van der Waals surface area contributed by atoms with E-state index < -0.39 is 5.97 Å². The molecule has 0 aromatic heterocycles. The summed E-state index contributed by atoms with van der Waals surface area (Å²) < 4.78 is 0. The Morgan fingerprint density at radius 1 is 1.24 bits per heavy atom. The van der Waals surface area contributed by atoms with Gasteiger partial charge in [0.25, 0.3) is 0 Å². The van der Waals surface area contributed by atoms with E-state index in [0.717, 1.165) is 19.3 Å². The first kappa shape index (κ1) is 15.9. The Bertz CT molecular complexity index is 239. The van der Waals surface area contributed by atoms with Crippen LogP contribution in [0.25, 0.3) is 0 Å². The maximum atomic E-state index is 11.8. The van der Waals surface area contributed by atoms with Crippen molar-refractivity contribution >= 4 is 11.9 Å². The maximum absolute atomic E-state index is 11.8. The van der Waals surface area contributed by atoms with Crippen molar-refractivity contribution in [2.24, 2.45) is 11.8 Å². The van der Waals surface area contributed by atoms with Crippen LogP contribution >= 0.6 is 0 Å². The molecule has 0 spiro atoms. The number of carbonyl (C=O) groups is 2. The molecule has 17 heavy (non-hydrogen) atoms. The van der Waals surface area contributed by atoms with Gasteiger partial charge in [-0.2, -0.15) is 0 Å². The summed E-state index contributed by atoms with van der Waals surface area (Å²) in [6.45, 7) is 6.78. The zero-order chi connectivity index (χ0) is 13.3. The van der Waals surface area contributed by atoms with Gasteiger partial charge >= 0.3 is 5.97 Å². The highest BCUT2D eigenvalue weighted by Gasteiger charge is 2.20. The molecule has 100 valence electrons. The van der Waals surface area contributed by atoms with E-state index >= 15 is 0 Å². The van der Waals surface area contributed by atoms with Crippen LogP contribution in [0.1, 0.15) is 52.9 Å². The van der Waals surface area contributed by atoms with Crippen LogP contribution in [0.5, 0.6) is 0 Å². The molecule has 0 radical (unpaired) electrons. The smallest absolute Gasteiger partial charge is 0.303 e. The number of aliphatic carboxylic acids is 1. The Balaban J connectivity index is 3.78. The number of carboxylic acid groups (broad SMARTS) is 1. The molecular weight excluding hydrogens is 218 g/mol. The Morgan fingerprint density at radius 3 is 2.35 bits per heavy atom. The summed E-state index contributed by atoms with van der Waals surface area (Å²) in [4.78, 5) is 22.1. The normalized spacial score (nSPS) is 12.5. The molecule has 0 fully saturated rings. The predicted octanol–water partition coefficient (Wildman–Crippen LogP) is 2.43. The van der Waals surface area contributed by atoms with Gasteiger partial charge < -0.3 is 10.4 Å². The molecule has 0 aromatic carbocycles. The van der Waals surface area contributed by atoms with Crippen molar-refractivity contribution in [1.29, 1.82) is 0 Å². The highest BCUT2D eigenvalue weighted by molar-refractivity contribution is 5.78. The molecule has 1 amide bonds. The molecule has 0 saturated heterocycles. The Labute approximate surface area is 104 Å². The number of hydrogen-bond acceptors (Lipinski definition) is 2. The van der Waals surface area contributed by atoms with Crippen LogP contribution in [-0.2, 0) is 9.59 Å². The number of carbonyl (C=O) groups excluding carboxylic acids is 1. The molecule has 1 unspecified atom stereocenters. The van der Waals surface area contributed by atoms with Gasteiger partial charge in [0.05, 0.1) is 0 Å². The van der Waals surface area contributed by atoms with Gasteiger partial charge in [-0.05, 0) is 25.2 Å². The molecule has 4 heteroatoms. The van der Waals surface area contributed by atoms with E-state index in [-0.39, 0.29) is 18.2 Å². The summed E-state index contributed by atoms with van der Waals surface area (Å²) in [7, 11) is 0. The van der Waals surface area contributed by atoms with Crippen LogP contribution in [0.4, 0.5) is 0 Å². The summed E-state index contributed by atoms with van der Waals surface area (Å²) >= 11 is 0. The van der Waals surface area contributed by atoms with E-state index in [2.05, 4.69) is 26.1 Å². The Hall–Kier alpha value is -1.06. The summed E-state index contributed by atoms with van der Waals surface area (Å²) in [5, 5.41) is 11.4. The first-order chi connectivity index (χ1) is 7.99. The van der Waals surface area contributed by atoms with Crippen LogP contribution in [0.15, 0.2) is 0 Å². The quantitative estimate of drug-likeness (QED) is 0.611. The van der Waals surface area contributed by atoms with Crippen LogP contribution in [0.3, 0.4) is 0 Å². The van der Waals surface area contributed by atoms with Crippen molar-refractivity contribution in [3.05, 3.63) is 0 Å². The van der Waals surface area contributed by atoms with Gasteiger partial charge in [-0.3, -0.25) is 9.59 Å². The molecular formula is C13H25NO3. The van der Waals surface area contributed by atoms with Crippen LogP contribution < -0.4 is 5.32 Å². The number of amides is 1. The van der Waals surface area contributed by atoms with E-state index in [1.165, 1.54) is 0 Å². The molecule has 2 N–H and O–H groups in total. The number of rotatable bonds is 9. The predicted molar refractivity (Wildman–Crippen MR) is 67.7 cm³/mol. The van der Waals surface area contributed by atoms with Crippen LogP contribution in [0.2, 0.25) is 0 Å². The fourth-order valence-corrected chi connectivity index (χ4v) is 1.82. The monoisotopic (exact) mass is 243 g/mol. The number of unbranched alkanes of at least 4 members (excludes halogenated alkanes) is 1. The standard InChI is InChI=1S/C13H25NO3/c1-4-7-11(10(2)3)13(17)14-9-6-5-8-12(15)16/h10-11H,4-9H2,1-3H3,(H,14,17)(H,15,16). The van der Waals surface area contributed by atoms with Crippen molar-refractivity contribution in [3.8, 4) is 0 Å². The van der Waals surface area contributed by atoms with Gasteiger partial charge in [0, 0.05) is 18.9 Å². The zero-order valence-electron chi connectivity index (χ0n) is 11.2. The highest BCUT2D eigenvalue weighted by atomic mass is 16.4. The first-order valence-electron chi connectivity index (χ1n) is 6.48. The lowest BCUT2D eigenvalue weighted by molar-refractivity contribution is -0.137. The highest BCUT2D eigenvalue weighted by Crippen LogP contribution is 2.17. The molecule has 0 bridgehead atoms. The third kappa shape index (κ3) is 7.77. The minimum absolute atomic E-state index is 0.0828. The van der Waals surface area contributed by atoms with Crippen molar-refractivity contribution in [3.63, 3.8) is 0 Å². The van der Waals surface area contributed by atoms with E-state index in [4.69, 9.17) is 5.11 Å². The summed E-state index contributed by atoms with van der Waals surface area (Å²) in [5.41, 5.74) is 0. The maximum Gasteiger partial charge on any atom is 0.303 e. The van der Waals surface area contributed by atoms with Gasteiger partial charge in [0.1, 0.15) is 0 Å². The summed E-state index contributed by atoms with van der Waals surface area (Å²) in [6, 6.07) is 0. The number of nitrogens with one attached hydrogen (secondary N) is 1. The first-order valence-corrected chi connectivity index (χ1v) is 6.48.